The fraction of sp³-hybridized carbons (Fsp3) is 0.278. The first kappa shape index (κ1) is 32.3. The summed E-state index contributed by atoms with van der Waals surface area (Å²) in [4.78, 5) is 29.5. The Morgan fingerprint density at radius 2 is 1.77 bits per heavy atom. The number of hydrogen-bond acceptors (Lipinski definition) is 7. The molecule has 0 radical (unpaired) electrons. The van der Waals surface area contributed by atoms with Crippen molar-refractivity contribution in [3.63, 3.8) is 0 Å². The number of aromatic hydroxyl groups is 1. The molecular formula is C36H34Cl2N4O5. The molecule has 0 aliphatic carbocycles. The normalized spacial score (nSPS) is 15.5. The number of carbonyl (C=O) groups excluding carboxylic acids is 1. The number of H-pyrrole nitrogens is 1. The van der Waals surface area contributed by atoms with Crippen LogP contribution in [0.1, 0.15) is 62.4 Å². The molecule has 3 N–H and O–H groups in total. The first-order chi connectivity index (χ1) is 22.3. The number of rotatable bonds is 8. The molecule has 1 atom stereocenters. The lowest BCUT2D eigenvalue weighted by atomic mass is 9.74. The summed E-state index contributed by atoms with van der Waals surface area (Å²) in [6.45, 7) is 8.73. The number of nitrogens with zero attached hydrogens (tertiary/aromatic N) is 2. The van der Waals surface area contributed by atoms with Crippen molar-refractivity contribution >= 4 is 29.1 Å². The van der Waals surface area contributed by atoms with Crippen LogP contribution in [0.5, 0.6) is 11.6 Å². The average molecular weight is 674 g/mol. The Labute approximate surface area is 281 Å². The van der Waals surface area contributed by atoms with Crippen LogP contribution in [0.25, 0.3) is 33.8 Å². The van der Waals surface area contributed by atoms with E-state index in [-0.39, 0.29) is 34.4 Å². The molecule has 9 nitrogen and oxygen atoms in total. The van der Waals surface area contributed by atoms with Crippen LogP contribution < -0.4 is 15.8 Å². The van der Waals surface area contributed by atoms with Gasteiger partial charge in [-0.05, 0) is 86.1 Å². The molecule has 47 heavy (non-hydrogen) atoms. The van der Waals surface area contributed by atoms with Crippen LogP contribution in [0.15, 0.2) is 82.0 Å². The number of aromatic amines is 1. The van der Waals surface area contributed by atoms with Gasteiger partial charge >= 0.3 is 5.76 Å². The van der Waals surface area contributed by atoms with Crippen molar-refractivity contribution in [1.82, 2.24) is 20.5 Å². The largest absolute Gasteiger partial charge is 0.507 e. The highest BCUT2D eigenvalue weighted by Gasteiger charge is 2.38. The van der Waals surface area contributed by atoms with Crippen LogP contribution in [-0.4, -0.2) is 38.3 Å². The van der Waals surface area contributed by atoms with E-state index < -0.39 is 11.4 Å². The number of halogens is 2. The fourth-order valence-electron chi connectivity index (χ4n) is 6.14. The van der Waals surface area contributed by atoms with Gasteiger partial charge in [-0.1, -0.05) is 67.4 Å². The molecular weight excluding hydrogens is 639 g/mol. The summed E-state index contributed by atoms with van der Waals surface area (Å²) in [5, 5.41) is 20.3. The number of aromatic nitrogens is 3. The zero-order chi connectivity index (χ0) is 33.5. The molecule has 1 aliphatic rings. The molecule has 6 rings (SSSR count). The molecule has 5 aromatic rings. The van der Waals surface area contributed by atoms with Gasteiger partial charge < -0.3 is 19.6 Å². The number of hydrogen-bond donors (Lipinski definition) is 3. The molecule has 0 fully saturated rings. The van der Waals surface area contributed by atoms with E-state index in [0.717, 1.165) is 29.5 Å². The number of benzene rings is 3. The summed E-state index contributed by atoms with van der Waals surface area (Å²) in [5.41, 5.74) is 3.95. The number of para-hydroxylation sites is 1. The topological polar surface area (TPSA) is 130 Å². The summed E-state index contributed by atoms with van der Waals surface area (Å²) < 4.78 is 11.6. The first-order valence-corrected chi connectivity index (χ1v) is 16.0. The van der Waals surface area contributed by atoms with Crippen LogP contribution in [0.3, 0.4) is 0 Å². The second kappa shape index (κ2) is 12.5. The van der Waals surface area contributed by atoms with Crippen molar-refractivity contribution in [3.8, 4) is 45.5 Å². The quantitative estimate of drug-likeness (QED) is 0.151. The molecule has 3 aromatic carbocycles. The highest BCUT2D eigenvalue weighted by molar-refractivity contribution is 6.33. The van der Waals surface area contributed by atoms with Gasteiger partial charge in [0.2, 0.25) is 11.8 Å². The minimum Gasteiger partial charge on any atom is -0.507 e. The van der Waals surface area contributed by atoms with Gasteiger partial charge in [0, 0.05) is 33.8 Å². The Hall–Kier alpha value is -4.60. The van der Waals surface area contributed by atoms with Gasteiger partial charge in [0.1, 0.15) is 11.4 Å². The molecule has 2 aromatic heterocycles. The van der Waals surface area contributed by atoms with Crippen molar-refractivity contribution in [3.05, 3.63) is 105 Å². The lowest BCUT2D eigenvalue weighted by Gasteiger charge is -2.40. The highest BCUT2D eigenvalue weighted by atomic mass is 35.5. The molecule has 1 aliphatic heterocycles. The maximum atomic E-state index is 12.9. The van der Waals surface area contributed by atoms with E-state index in [4.69, 9.17) is 37.3 Å². The van der Waals surface area contributed by atoms with Crippen molar-refractivity contribution in [2.45, 2.75) is 52.1 Å². The lowest BCUT2D eigenvalue weighted by Crippen LogP contribution is -2.39. The van der Waals surface area contributed by atoms with E-state index in [0.29, 0.717) is 39.3 Å². The van der Waals surface area contributed by atoms with E-state index in [1.807, 2.05) is 44.2 Å². The maximum Gasteiger partial charge on any atom is 0.434 e. The zero-order valence-corrected chi connectivity index (χ0v) is 27.9. The molecule has 11 heteroatoms. The molecule has 1 amide bonds. The Morgan fingerprint density at radius 3 is 2.45 bits per heavy atom. The summed E-state index contributed by atoms with van der Waals surface area (Å²) >= 11 is 13.1. The zero-order valence-electron chi connectivity index (χ0n) is 26.4. The van der Waals surface area contributed by atoms with E-state index in [1.165, 1.54) is 6.07 Å². The molecule has 3 heterocycles. The first-order valence-electron chi connectivity index (χ1n) is 15.2. The summed E-state index contributed by atoms with van der Waals surface area (Å²) in [5.74, 6) is -0.325. The number of nitrogens with one attached hydrogen (secondary N) is 2. The number of phenolic OH excluding ortho intramolecular Hbond substituents is 1. The number of phenols is 1. The maximum absolute atomic E-state index is 12.9. The van der Waals surface area contributed by atoms with Crippen LogP contribution in [0, 0.1) is 5.41 Å². The Balaban J connectivity index is 1.38. The van der Waals surface area contributed by atoms with E-state index in [1.54, 1.807) is 30.3 Å². The summed E-state index contributed by atoms with van der Waals surface area (Å²) in [6, 6.07) is 21.4. The van der Waals surface area contributed by atoms with Crippen molar-refractivity contribution in [2.75, 3.05) is 6.54 Å². The SMILES string of the molecule is CC(C)(CNC(=O)c1ccccc1O)CC1CC(C)(C)Oc2nc(-c3ccc(-c4n[nH]c(=O)o4)cc3Cl)c(-c3ccc(Cl)cc3)cc21. The second-order valence-electron chi connectivity index (χ2n) is 13.2. The Morgan fingerprint density at radius 1 is 1.04 bits per heavy atom. The minimum absolute atomic E-state index is 0.0537. The van der Waals surface area contributed by atoms with Gasteiger partial charge in [-0.3, -0.25) is 4.79 Å². The Bertz CT molecular complexity index is 2020. The summed E-state index contributed by atoms with van der Waals surface area (Å²) in [6.07, 6.45) is 1.47. The number of ether oxygens (including phenoxy) is 1. The number of carbonyl (C=O) groups is 1. The van der Waals surface area contributed by atoms with Crippen molar-refractivity contribution in [1.29, 1.82) is 0 Å². The van der Waals surface area contributed by atoms with Crippen LogP contribution in [-0.2, 0) is 0 Å². The van der Waals surface area contributed by atoms with Gasteiger partial charge in [-0.2, -0.15) is 0 Å². The molecule has 0 spiro atoms. The van der Waals surface area contributed by atoms with Gasteiger partial charge in [-0.25, -0.2) is 14.9 Å². The second-order valence-corrected chi connectivity index (χ2v) is 14.1. The van der Waals surface area contributed by atoms with E-state index >= 15 is 0 Å². The predicted octanol–water partition coefficient (Wildman–Crippen LogP) is 8.26. The third-order valence-electron chi connectivity index (χ3n) is 8.31. The van der Waals surface area contributed by atoms with Crippen LogP contribution in [0.4, 0.5) is 0 Å². The fourth-order valence-corrected chi connectivity index (χ4v) is 6.54. The van der Waals surface area contributed by atoms with Gasteiger partial charge in [-0.15, -0.1) is 5.10 Å². The van der Waals surface area contributed by atoms with Gasteiger partial charge in [0.05, 0.1) is 16.3 Å². The number of fused-ring (bicyclic) bond motifs is 1. The third kappa shape index (κ3) is 7.06. The lowest BCUT2D eigenvalue weighted by molar-refractivity contribution is 0.0572. The van der Waals surface area contributed by atoms with E-state index in [9.17, 15) is 14.7 Å². The van der Waals surface area contributed by atoms with Crippen LogP contribution >= 0.6 is 23.2 Å². The molecule has 1 unspecified atom stereocenters. The smallest absolute Gasteiger partial charge is 0.434 e. The number of amides is 1. The molecule has 0 saturated heterocycles. The average Bonchev–Trinajstić information content (AvgIpc) is 3.45. The summed E-state index contributed by atoms with van der Waals surface area (Å²) in [7, 11) is 0. The molecule has 0 saturated carbocycles. The monoisotopic (exact) mass is 672 g/mol. The predicted molar refractivity (Wildman–Crippen MR) is 182 cm³/mol. The minimum atomic E-state index is -0.656. The molecule has 0 bridgehead atoms. The van der Waals surface area contributed by atoms with Crippen molar-refractivity contribution in [2.24, 2.45) is 5.41 Å². The highest BCUT2D eigenvalue weighted by Crippen LogP contribution is 2.48. The molecule has 242 valence electrons. The van der Waals surface area contributed by atoms with Crippen molar-refractivity contribution < 1.29 is 19.1 Å². The van der Waals surface area contributed by atoms with Gasteiger partial charge in [0.25, 0.3) is 5.91 Å². The van der Waals surface area contributed by atoms with Crippen LogP contribution in [0.2, 0.25) is 10.0 Å². The number of pyridine rings is 1. The van der Waals surface area contributed by atoms with E-state index in [2.05, 4.69) is 35.4 Å². The Kier molecular flexibility index (Phi) is 8.63. The third-order valence-corrected chi connectivity index (χ3v) is 8.87. The van der Waals surface area contributed by atoms with Gasteiger partial charge in [0.15, 0.2) is 0 Å². The standard InChI is InChI=1S/C36H34Cl2N4O5/c1-35(2,19-39-31(44)25-7-5-6-8-29(25)43)17-22-18-36(3,4)47-33-27(22)16-26(20-9-12-23(37)13-10-20)30(40-33)24-14-11-21(15-28(24)38)32-41-42-34(45)46-32/h5-16,22,43H,17-19H2,1-4H3,(H,39,44)(H,42,45).